The normalized spacial score (nSPS) is 17.3. The van der Waals surface area contributed by atoms with Crippen molar-refractivity contribution < 1.29 is 14.1 Å². The first-order valence-corrected chi connectivity index (χ1v) is 8.26. The predicted octanol–water partition coefficient (Wildman–Crippen LogP) is 2.59. The van der Waals surface area contributed by atoms with Crippen LogP contribution < -0.4 is 4.90 Å². The molecule has 1 aromatic carbocycles. The van der Waals surface area contributed by atoms with Gasteiger partial charge in [0.15, 0.2) is 11.8 Å². The first-order valence-electron chi connectivity index (χ1n) is 8.26. The fraction of sp³-hybridized carbons (Fsp3) is 0.421. The lowest BCUT2D eigenvalue weighted by atomic mass is 9.99. The zero-order chi connectivity index (χ0) is 15.2. The van der Waals surface area contributed by atoms with E-state index in [1.165, 1.54) is 24.2 Å². The molecule has 1 fully saturated rings. The Balaban J connectivity index is 1.68. The summed E-state index contributed by atoms with van der Waals surface area (Å²) in [6.07, 6.45) is 6.61. The SMILES string of the molecule is O=C(Cc1ccccc1)C[C@H](c1ccco1)[NH+]1CCCCC1. The van der Waals surface area contributed by atoms with Crippen LogP contribution >= 0.6 is 0 Å². The number of likely N-dealkylation sites (tertiary alicyclic amines) is 1. The molecule has 1 aliphatic heterocycles. The Morgan fingerprint density at radius 2 is 1.82 bits per heavy atom. The van der Waals surface area contributed by atoms with Crippen molar-refractivity contribution in [3.8, 4) is 0 Å². The van der Waals surface area contributed by atoms with Gasteiger partial charge < -0.3 is 9.32 Å². The second-order valence-electron chi connectivity index (χ2n) is 6.19. The van der Waals surface area contributed by atoms with Crippen LogP contribution in [-0.4, -0.2) is 18.9 Å². The van der Waals surface area contributed by atoms with Crippen LogP contribution in [0.25, 0.3) is 0 Å². The van der Waals surface area contributed by atoms with Crippen molar-refractivity contribution >= 4 is 5.78 Å². The fourth-order valence-electron chi connectivity index (χ4n) is 3.41. The lowest BCUT2D eigenvalue weighted by Gasteiger charge is -2.30. The number of hydrogen-bond acceptors (Lipinski definition) is 2. The number of Topliss-reactive ketones (excluding diaryl/α,β-unsaturated/α-hetero) is 1. The van der Waals surface area contributed by atoms with E-state index in [0.717, 1.165) is 24.4 Å². The van der Waals surface area contributed by atoms with E-state index in [4.69, 9.17) is 4.42 Å². The predicted molar refractivity (Wildman–Crippen MR) is 85.8 cm³/mol. The van der Waals surface area contributed by atoms with Crippen molar-refractivity contribution in [1.82, 2.24) is 0 Å². The van der Waals surface area contributed by atoms with Gasteiger partial charge in [0.1, 0.15) is 5.78 Å². The second kappa shape index (κ2) is 7.41. The van der Waals surface area contributed by atoms with Crippen molar-refractivity contribution in [2.24, 2.45) is 0 Å². The van der Waals surface area contributed by atoms with Gasteiger partial charge in [-0.15, -0.1) is 0 Å². The van der Waals surface area contributed by atoms with Gasteiger partial charge in [-0.1, -0.05) is 30.3 Å². The Labute approximate surface area is 131 Å². The van der Waals surface area contributed by atoms with E-state index < -0.39 is 0 Å². The van der Waals surface area contributed by atoms with Crippen LogP contribution in [-0.2, 0) is 11.2 Å². The Bertz CT molecular complexity index is 571. The quantitative estimate of drug-likeness (QED) is 0.889. The van der Waals surface area contributed by atoms with Gasteiger partial charge in [-0.05, 0) is 37.0 Å². The highest BCUT2D eigenvalue weighted by Gasteiger charge is 2.30. The molecule has 1 aliphatic rings. The molecule has 3 heteroatoms. The molecule has 3 rings (SSSR count). The van der Waals surface area contributed by atoms with Crippen LogP contribution in [0.1, 0.15) is 43.0 Å². The highest BCUT2D eigenvalue weighted by atomic mass is 16.3. The highest BCUT2D eigenvalue weighted by Crippen LogP contribution is 2.17. The minimum Gasteiger partial charge on any atom is -0.463 e. The molecule has 3 nitrogen and oxygen atoms in total. The summed E-state index contributed by atoms with van der Waals surface area (Å²) in [7, 11) is 0. The third kappa shape index (κ3) is 3.86. The van der Waals surface area contributed by atoms with Crippen molar-refractivity contribution in [2.45, 2.75) is 38.1 Å². The summed E-state index contributed by atoms with van der Waals surface area (Å²) >= 11 is 0. The molecule has 22 heavy (non-hydrogen) atoms. The molecule has 2 aromatic rings. The van der Waals surface area contributed by atoms with Gasteiger partial charge in [-0.3, -0.25) is 4.79 Å². The van der Waals surface area contributed by atoms with E-state index in [0.29, 0.717) is 18.6 Å². The molecule has 1 saturated heterocycles. The monoisotopic (exact) mass is 298 g/mol. The van der Waals surface area contributed by atoms with Crippen LogP contribution in [0.3, 0.4) is 0 Å². The van der Waals surface area contributed by atoms with Gasteiger partial charge in [0.05, 0.1) is 25.8 Å². The van der Waals surface area contributed by atoms with E-state index in [1.54, 1.807) is 6.26 Å². The maximum absolute atomic E-state index is 12.5. The standard InChI is InChI=1S/C19H23NO2/c21-17(14-16-8-3-1-4-9-16)15-18(19-10-7-13-22-19)20-11-5-2-6-12-20/h1,3-4,7-10,13,18H,2,5-6,11-12,14-15H2/p+1/t18-/m1/s1. The van der Waals surface area contributed by atoms with E-state index in [2.05, 4.69) is 0 Å². The third-order valence-electron chi connectivity index (χ3n) is 4.55. The van der Waals surface area contributed by atoms with Crippen LogP contribution in [0.5, 0.6) is 0 Å². The van der Waals surface area contributed by atoms with Gasteiger partial charge in [-0.2, -0.15) is 0 Å². The summed E-state index contributed by atoms with van der Waals surface area (Å²) in [5.41, 5.74) is 1.10. The largest absolute Gasteiger partial charge is 0.463 e. The summed E-state index contributed by atoms with van der Waals surface area (Å²) in [6, 6.07) is 14.1. The van der Waals surface area contributed by atoms with Gasteiger partial charge >= 0.3 is 0 Å². The van der Waals surface area contributed by atoms with Crippen molar-refractivity contribution in [3.63, 3.8) is 0 Å². The van der Waals surface area contributed by atoms with Gasteiger partial charge in [0, 0.05) is 6.42 Å². The topological polar surface area (TPSA) is 34.6 Å². The Morgan fingerprint density at radius 3 is 2.50 bits per heavy atom. The maximum Gasteiger partial charge on any atom is 0.161 e. The van der Waals surface area contributed by atoms with Gasteiger partial charge in [0.25, 0.3) is 0 Å². The first-order chi connectivity index (χ1) is 10.8. The van der Waals surface area contributed by atoms with E-state index in [-0.39, 0.29) is 6.04 Å². The number of ketones is 1. The number of rotatable bonds is 6. The van der Waals surface area contributed by atoms with Gasteiger partial charge in [0.2, 0.25) is 0 Å². The molecule has 0 radical (unpaired) electrons. The van der Waals surface area contributed by atoms with Gasteiger partial charge in [-0.25, -0.2) is 0 Å². The molecule has 1 N–H and O–H groups in total. The van der Waals surface area contributed by atoms with Crippen LogP contribution in [0.15, 0.2) is 53.1 Å². The maximum atomic E-state index is 12.5. The molecular weight excluding hydrogens is 274 g/mol. The first kappa shape index (κ1) is 15.0. The molecule has 2 heterocycles. The summed E-state index contributed by atoms with van der Waals surface area (Å²) in [5.74, 6) is 1.25. The summed E-state index contributed by atoms with van der Waals surface area (Å²) in [4.78, 5) is 14.0. The van der Waals surface area contributed by atoms with Crippen molar-refractivity contribution in [1.29, 1.82) is 0 Å². The summed E-state index contributed by atoms with van der Waals surface area (Å²) in [5, 5.41) is 0. The summed E-state index contributed by atoms with van der Waals surface area (Å²) in [6.45, 7) is 2.29. The number of hydrogen-bond donors (Lipinski definition) is 1. The van der Waals surface area contributed by atoms with E-state index >= 15 is 0 Å². The number of piperidine rings is 1. The molecule has 1 aromatic heterocycles. The molecule has 0 unspecified atom stereocenters. The molecule has 0 spiro atoms. The van der Waals surface area contributed by atoms with Crippen molar-refractivity contribution in [2.75, 3.05) is 13.1 Å². The molecule has 0 amide bonds. The number of furan rings is 1. The lowest BCUT2D eigenvalue weighted by molar-refractivity contribution is -0.936. The lowest BCUT2D eigenvalue weighted by Crippen LogP contribution is -3.13. The smallest absolute Gasteiger partial charge is 0.161 e. The van der Waals surface area contributed by atoms with E-state index in [1.807, 2.05) is 42.5 Å². The minimum atomic E-state index is 0.173. The van der Waals surface area contributed by atoms with Crippen molar-refractivity contribution in [3.05, 3.63) is 60.1 Å². The molecular formula is C19H24NO2+. The van der Waals surface area contributed by atoms with Crippen LogP contribution in [0.4, 0.5) is 0 Å². The molecule has 0 bridgehead atoms. The highest BCUT2D eigenvalue weighted by molar-refractivity contribution is 5.81. The molecule has 1 atom stereocenters. The minimum absolute atomic E-state index is 0.173. The second-order valence-corrected chi connectivity index (χ2v) is 6.19. The number of benzene rings is 1. The third-order valence-corrected chi connectivity index (χ3v) is 4.55. The zero-order valence-corrected chi connectivity index (χ0v) is 13.0. The Kier molecular flexibility index (Phi) is 5.07. The molecule has 0 saturated carbocycles. The number of nitrogens with one attached hydrogen (secondary N) is 1. The Morgan fingerprint density at radius 1 is 1.05 bits per heavy atom. The number of carbonyl (C=O) groups is 1. The number of quaternary nitrogens is 1. The molecule has 116 valence electrons. The average Bonchev–Trinajstić information content (AvgIpc) is 3.08. The van der Waals surface area contributed by atoms with Crippen LogP contribution in [0.2, 0.25) is 0 Å². The fourth-order valence-corrected chi connectivity index (χ4v) is 3.41. The summed E-state index contributed by atoms with van der Waals surface area (Å²) < 4.78 is 5.63. The number of carbonyl (C=O) groups excluding carboxylic acids is 1. The zero-order valence-electron chi connectivity index (χ0n) is 13.0. The Hall–Kier alpha value is -1.87. The average molecular weight is 298 g/mol. The van der Waals surface area contributed by atoms with E-state index in [9.17, 15) is 4.79 Å². The molecule has 0 aliphatic carbocycles. The van der Waals surface area contributed by atoms with Crippen LogP contribution in [0, 0.1) is 0 Å².